The van der Waals surface area contributed by atoms with Crippen LogP contribution in [0.4, 0.5) is 13.2 Å². The minimum absolute atomic E-state index is 0.0120. The monoisotopic (exact) mass is 249 g/mol. The van der Waals surface area contributed by atoms with Crippen molar-refractivity contribution < 1.29 is 13.2 Å². The molecule has 0 N–H and O–H groups in total. The second kappa shape index (κ2) is 3.38. The molecule has 0 amide bonds. The normalized spacial score (nSPS) is 11.0. The maximum Gasteiger partial charge on any atom is 0.329 e. The number of halogens is 4. The highest BCUT2D eigenvalue weighted by Gasteiger charge is 2.30. The van der Waals surface area contributed by atoms with Gasteiger partial charge in [-0.1, -0.05) is 0 Å². The van der Waals surface area contributed by atoms with Crippen molar-refractivity contribution in [3.63, 3.8) is 0 Å². The van der Waals surface area contributed by atoms with Crippen molar-refractivity contribution in [2.45, 2.75) is 4.83 Å². The van der Waals surface area contributed by atoms with Gasteiger partial charge in [-0.25, -0.2) is 4.39 Å². The van der Waals surface area contributed by atoms with E-state index < -0.39 is 16.2 Å². The van der Waals surface area contributed by atoms with E-state index in [9.17, 15) is 13.2 Å². The number of hydrogen-bond donors (Lipinski definition) is 0. The van der Waals surface area contributed by atoms with Gasteiger partial charge in [-0.15, -0.1) is 0 Å². The zero-order chi connectivity index (χ0) is 10.1. The van der Waals surface area contributed by atoms with Crippen LogP contribution in [0.2, 0.25) is 0 Å². The molecule has 0 aromatic heterocycles. The molecule has 0 unspecified atom stereocenters. The van der Waals surface area contributed by atoms with E-state index in [0.29, 0.717) is 0 Å². The van der Waals surface area contributed by atoms with Crippen LogP contribution >= 0.6 is 15.9 Å². The van der Waals surface area contributed by atoms with Crippen molar-refractivity contribution in [1.29, 1.82) is 5.26 Å². The van der Waals surface area contributed by atoms with Gasteiger partial charge >= 0.3 is 4.83 Å². The number of hydrogen-bond acceptors (Lipinski definition) is 1. The van der Waals surface area contributed by atoms with Gasteiger partial charge in [0.1, 0.15) is 5.82 Å². The average molecular weight is 250 g/mol. The van der Waals surface area contributed by atoms with Gasteiger partial charge in [0.05, 0.1) is 17.2 Å². The van der Waals surface area contributed by atoms with E-state index >= 15 is 0 Å². The smallest absolute Gasteiger partial charge is 0.206 e. The van der Waals surface area contributed by atoms with Crippen LogP contribution in [0.5, 0.6) is 0 Å². The molecule has 1 aromatic carbocycles. The molecule has 0 atom stereocenters. The van der Waals surface area contributed by atoms with Crippen LogP contribution in [0.25, 0.3) is 0 Å². The molecule has 0 bridgehead atoms. The molecule has 0 aliphatic heterocycles. The highest BCUT2D eigenvalue weighted by atomic mass is 79.9. The van der Waals surface area contributed by atoms with E-state index in [1.807, 2.05) is 15.9 Å². The fourth-order valence-corrected chi connectivity index (χ4v) is 1.14. The molecule has 0 fully saturated rings. The summed E-state index contributed by atoms with van der Waals surface area (Å²) in [6, 6.07) is 4.42. The Kier molecular flexibility index (Phi) is 2.62. The highest BCUT2D eigenvalue weighted by molar-refractivity contribution is 9.09. The van der Waals surface area contributed by atoms with Gasteiger partial charge in [0.2, 0.25) is 0 Å². The molecule has 1 aromatic rings. The first kappa shape index (κ1) is 10.1. The van der Waals surface area contributed by atoms with Crippen molar-refractivity contribution in [1.82, 2.24) is 0 Å². The molecule has 0 aliphatic rings. The summed E-state index contributed by atoms with van der Waals surface area (Å²) in [5.74, 6) is -1.10. The van der Waals surface area contributed by atoms with E-state index in [0.717, 1.165) is 18.2 Å². The molecular formula is C8H3BrF3N. The van der Waals surface area contributed by atoms with Gasteiger partial charge in [-0.2, -0.15) is 14.0 Å². The quantitative estimate of drug-likeness (QED) is 0.702. The molecule has 0 aliphatic carbocycles. The van der Waals surface area contributed by atoms with Crippen molar-refractivity contribution in [3.8, 4) is 6.07 Å². The zero-order valence-corrected chi connectivity index (χ0v) is 7.78. The summed E-state index contributed by atoms with van der Waals surface area (Å²) < 4.78 is 38.0. The summed E-state index contributed by atoms with van der Waals surface area (Å²) in [6.07, 6.45) is 0. The molecule has 0 saturated heterocycles. The Bertz CT molecular complexity index is 365. The van der Waals surface area contributed by atoms with E-state index in [4.69, 9.17) is 5.26 Å². The van der Waals surface area contributed by atoms with Gasteiger partial charge in [-0.3, -0.25) is 0 Å². The van der Waals surface area contributed by atoms with Crippen molar-refractivity contribution >= 4 is 15.9 Å². The molecule has 0 spiro atoms. The van der Waals surface area contributed by atoms with Crippen LogP contribution in [-0.2, 0) is 4.83 Å². The Morgan fingerprint density at radius 2 is 2.00 bits per heavy atom. The first-order valence-electron chi connectivity index (χ1n) is 3.22. The fourth-order valence-electron chi connectivity index (χ4n) is 0.815. The molecule has 1 rings (SSSR count). The van der Waals surface area contributed by atoms with Gasteiger partial charge in [0.15, 0.2) is 0 Å². The average Bonchev–Trinajstić information content (AvgIpc) is 2.01. The molecule has 13 heavy (non-hydrogen) atoms. The number of benzene rings is 1. The Morgan fingerprint density at radius 1 is 1.38 bits per heavy atom. The molecular weight excluding hydrogens is 247 g/mol. The molecule has 5 heteroatoms. The molecule has 68 valence electrons. The third kappa shape index (κ3) is 2.22. The first-order chi connectivity index (χ1) is 5.95. The second-order valence-corrected chi connectivity index (χ2v) is 3.30. The minimum Gasteiger partial charge on any atom is -0.206 e. The topological polar surface area (TPSA) is 23.8 Å². The SMILES string of the molecule is N#Cc1ccc(C(F)(F)Br)c(F)c1. The maximum absolute atomic E-state index is 12.9. The summed E-state index contributed by atoms with van der Waals surface area (Å²) in [5, 5.41) is 8.34. The van der Waals surface area contributed by atoms with E-state index in [1.54, 1.807) is 6.07 Å². The van der Waals surface area contributed by atoms with Crippen LogP contribution in [0.1, 0.15) is 11.1 Å². The molecule has 0 saturated carbocycles. The number of alkyl halides is 3. The predicted molar refractivity (Wildman–Crippen MR) is 43.9 cm³/mol. The van der Waals surface area contributed by atoms with Crippen LogP contribution in [0.3, 0.4) is 0 Å². The van der Waals surface area contributed by atoms with Gasteiger partial charge in [0, 0.05) is 0 Å². The van der Waals surface area contributed by atoms with Crippen molar-refractivity contribution in [2.24, 2.45) is 0 Å². The number of nitrogens with zero attached hydrogens (tertiary/aromatic N) is 1. The van der Waals surface area contributed by atoms with Gasteiger partial charge in [-0.05, 0) is 34.1 Å². The number of nitriles is 1. The lowest BCUT2D eigenvalue weighted by atomic mass is 10.1. The van der Waals surface area contributed by atoms with Crippen molar-refractivity contribution in [2.75, 3.05) is 0 Å². The summed E-state index contributed by atoms with van der Waals surface area (Å²) >= 11 is 2.03. The van der Waals surface area contributed by atoms with E-state index in [1.165, 1.54) is 0 Å². The fraction of sp³-hybridized carbons (Fsp3) is 0.125. The lowest BCUT2D eigenvalue weighted by Crippen LogP contribution is -2.05. The lowest BCUT2D eigenvalue weighted by Gasteiger charge is -2.08. The van der Waals surface area contributed by atoms with Crippen molar-refractivity contribution in [3.05, 3.63) is 35.1 Å². The first-order valence-corrected chi connectivity index (χ1v) is 4.01. The van der Waals surface area contributed by atoms with E-state index in [-0.39, 0.29) is 5.56 Å². The largest absolute Gasteiger partial charge is 0.329 e. The van der Waals surface area contributed by atoms with Gasteiger partial charge < -0.3 is 0 Å². The standard InChI is InChI=1S/C8H3BrF3N/c9-8(11,12)6-2-1-5(4-13)3-7(6)10/h1-3H. The van der Waals surface area contributed by atoms with Crippen LogP contribution in [0, 0.1) is 17.1 Å². The zero-order valence-electron chi connectivity index (χ0n) is 6.19. The molecule has 0 heterocycles. The molecule has 0 radical (unpaired) electrons. The number of rotatable bonds is 1. The lowest BCUT2D eigenvalue weighted by molar-refractivity contribution is 0.110. The Labute approximate surface area is 80.9 Å². The summed E-state index contributed by atoms with van der Waals surface area (Å²) in [6.45, 7) is 0. The summed E-state index contributed by atoms with van der Waals surface area (Å²) in [7, 11) is 0. The van der Waals surface area contributed by atoms with Crippen LogP contribution in [-0.4, -0.2) is 0 Å². The van der Waals surface area contributed by atoms with Gasteiger partial charge in [0.25, 0.3) is 0 Å². The Morgan fingerprint density at radius 3 is 2.38 bits per heavy atom. The second-order valence-electron chi connectivity index (χ2n) is 2.30. The predicted octanol–water partition coefficient (Wildman–Crippen LogP) is 3.14. The third-order valence-corrected chi connectivity index (χ3v) is 1.83. The van der Waals surface area contributed by atoms with Crippen LogP contribution < -0.4 is 0 Å². The third-order valence-electron chi connectivity index (χ3n) is 1.40. The summed E-state index contributed by atoms with van der Waals surface area (Å²) in [4.78, 5) is -3.40. The maximum atomic E-state index is 12.9. The molecule has 1 nitrogen and oxygen atoms in total. The van der Waals surface area contributed by atoms with Crippen LogP contribution in [0.15, 0.2) is 18.2 Å². The minimum atomic E-state index is -3.40. The summed E-state index contributed by atoms with van der Waals surface area (Å²) in [5.41, 5.74) is -0.760. The van der Waals surface area contributed by atoms with E-state index in [2.05, 4.69) is 0 Å². The Balaban J connectivity index is 3.23. The highest BCUT2D eigenvalue weighted by Crippen LogP contribution is 2.36. The Hall–Kier alpha value is -1.02.